The summed E-state index contributed by atoms with van der Waals surface area (Å²) < 4.78 is 29.4. The zero-order valence-electron chi connectivity index (χ0n) is 13.6. The van der Waals surface area contributed by atoms with Crippen LogP contribution in [0.15, 0.2) is 34.9 Å². The molecular formula is C17H19BrF2N2O2. The Labute approximate surface area is 147 Å². The summed E-state index contributed by atoms with van der Waals surface area (Å²) in [5, 5.41) is 13.0. The third-order valence-corrected chi connectivity index (χ3v) is 4.14. The van der Waals surface area contributed by atoms with E-state index in [9.17, 15) is 18.7 Å². The molecule has 2 rings (SSSR count). The third-order valence-electron chi connectivity index (χ3n) is 3.71. The molecule has 1 aromatic carbocycles. The van der Waals surface area contributed by atoms with Crippen molar-refractivity contribution < 1.29 is 18.7 Å². The Hall–Kier alpha value is -1.73. The van der Waals surface area contributed by atoms with Crippen LogP contribution in [0, 0.1) is 11.6 Å². The summed E-state index contributed by atoms with van der Waals surface area (Å²) in [5.41, 5.74) is -1.32. The van der Waals surface area contributed by atoms with Crippen LogP contribution in [0.3, 0.4) is 0 Å². The molecule has 0 radical (unpaired) electrons. The molecule has 0 saturated carbocycles. The Bertz CT molecular complexity index is 757. The minimum absolute atomic E-state index is 0.0760. The number of hydrogen-bond donors (Lipinski definition) is 2. The van der Waals surface area contributed by atoms with Crippen LogP contribution in [-0.4, -0.2) is 22.1 Å². The van der Waals surface area contributed by atoms with Crippen LogP contribution in [0.4, 0.5) is 8.78 Å². The summed E-state index contributed by atoms with van der Waals surface area (Å²) in [7, 11) is 0. The Kier molecular flexibility index (Phi) is 5.45. The molecule has 0 aliphatic heterocycles. The van der Waals surface area contributed by atoms with Gasteiger partial charge in [0.1, 0.15) is 22.9 Å². The van der Waals surface area contributed by atoms with E-state index in [4.69, 9.17) is 0 Å². The largest absolute Gasteiger partial charge is 0.383 e. The van der Waals surface area contributed by atoms with Gasteiger partial charge in [-0.15, -0.1) is 0 Å². The van der Waals surface area contributed by atoms with Crippen LogP contribution in [0.5, 0.6) is 0 Å². The monoisotopic (exact) mass is 400 g/mol. The Morgan fingerprint density at radius 1 is 1.38 bits per heavy atom. The molecule has 0 aliphatic carbocycles. The van der Waals surface area contributed by atoms with Crippen molar-refractivity contribution in [3.05, 3.63) is 57.8 Å². The fraction of sp³-hybridized carbons (Fsp3) is 0.353. The Morgan fingerprint density at radius 2 is 2.04 bits per heavy atom. The van der Waals surface area contributed by atoms with E-state index in [1.165, 1.54) is 13.0 Å². The number of aromatic nitrogens is 1. The first-order valence-electron chi connectivity index (χ1n) is 7.45. The number of hydrogen-bond acceptors (Lipinski definition) is 2. The van der Waals surface area contributed by atoms with Gasteiger partial charge in [0.05, 0.1) is 6.54 Å². The molecule has 24 heavy (non-hydrogen) atoms. The second-order valence-corrected chi connectivity index (χ2v) is 7.04. The molecule has 2 aromatic rings. The van der Waals surface area contributed by atoms with E-state index >= 15 is 0 Å². The van der Waals surface area contributed by atoms with Gasteiger partial charge in [-0.3, -0.25) is 4.79 Å². The van der Waals surface area contributed by atoms with Crippen LogP contribution in [0.1, 0.15) is 42.9 Å². The first-order chi connectivity index (χ1) is 11.1. The first-order valence-corrected chi connectivity index (χ1v) is 8.24. The molecule has 1 aromatic heterocycles. The third kappa shape index (κ3) is 4.02. The smallest absolute Gasteiger partial charge is 0.268 e. The zero-order chi connectivity index (χ0) is 18.1. The zero-order valence-corrected chi connectivity index (χ0v) is 15.2. The number of benzene rings is 1. The normalized spacial score (nSPS) is 13.8. The van der Waals surface area contributed by atoms with Gasteiger partial charge in [-0.1, -0.05) is 6.07 Å². The molecule has 1 amide bonds. The van der Waals surface area contributed by atoms with Crippen LogP contribution in [0.25, 0.3) is 0 Å². The number of carbonyl (C=O) groups excluding carboxylic acids is 1. The highest BCUT2D eigenvalue weighted by Crippen LogP contribution is 2.24. The molecule has 0 fully saturated rings. The highest BCUT2D eigenvalue weighted by molar-refractivity contribution is 9.10. The second-order valence-electron chi connectivity index (χ2n) is 6.13. The number of halogens is 3. The predicted octanol–water partition coefficient (Wildman–Crippen LogP) is 3.75. The molecule has 1 unspecified atom stereocenters. The van der Waals surface area contributed by atoms with Gasteiger partial charge >= 0.3 is 0 Å². The highest BCUT2D eigenvalue weighted by atomic mass is 79.9. The maximum Gasteiger partial charge on any atom is 0.268 e. The molecular weight excluding hydrogens is 382 g/mol. The van der Waals surface area contributed by atoms with Crippen LogP contribution < -0.4 is 5.32 Å². The summed E-state index contributed by atoms with van der Waals surface area (Å²) >= 11 is 3.33. The average Bonchev–Trinajstić information content (AvgIpc) is 2.87. The first kappa shape index (κ1) is 18.6. The van der Waals surface area contributed by atoms with E-state index in [0.29, 0.717) is 11.8 Å². The van der Waals surface area contributed by atoms with Gasteiger partial charge in [0, 0.05) is 28.3 Å². The molecule has 0 aliphatic rings. The van der Waals surface area contributed by atoms with Crippen LogP contribution in [-0.2, 0) is 5.60 Å². The molecule has 2 N–H and O–H groups in total. The summed E-state index contributed by atoms with van der Waals surface area (Å²) in [5.74, 6) is -1.98. The van der Waals surface area contributed by atoms with Crippen molar-refractivity contribution in [2.75, 3.05) is 6.54 Å². The van der Waals surface area contributed by atoms with E-state index in [2.05, 4.69) is 21.2 Å². The number of nitrogens with zero attached hydrogens (tertiary/aromatic N) is 1. The standard InChI is InChI=1S/C17H19BrF2N2O2/c1-10(2)22-8-11(18)6-15(22)16(23)21-9-17(3,24)13-5-4-12(19)7-14(13)20/h4-8,10,24H,9H2,1-3H3,(H,21,23). The quantitative estimate of drug-likeness (QED) is 0.802. The van der Waals surface area contributed by atoms with Crippen molar-refractivity contribution in [1.29, 1.82) is 0 Å². The highest BCUT2D eigenvalue weighted by Gasteiger charge is 2.28. The summed E-state index contributed by atoms with van der Waals surface area (Å²) in [6.45, 7) is 5.02. The lowest BCUT2D eigenvalue weighted by Crippen LogP contribution is -2.39. The van der Waals surface area contributed by atoms with E-state index in [1.807, 2.05) is 13.8 Å². The van der Waals surface area contributed by atoms with Crippen molar-refractivity contribution >= 4 is 21.8 Å². The van der Waals surface area contributed by atoms with Gasteiger partial charge in [0.2, 0.25) is 0 Å². The molecule has 130 valence electrons. The van der Waals surface area contributed by atoms with Gasteiger partial charge < -0.3 is 15.0 Å². The molecule has 4 nitrogen and oxygen atoms in total. The minimum atomic E-state index is -1.67. The Morgan fingerprint density at radius 3 is 2.62 bits per heavy atom. The molecule has 1 heterocycles. The van der Waals surface area contributed by atoms with Crippen molar-refractivity contribution in [2.45, 2.75) is 32.4 Å². The van der Waals surface area contributed by atoms with Gasteiger partial charge in [0.25, 0.3) is 5.91 Å². The van der Waals surface area contributed by atoms with Crippen molar-refractivity contribution in [3.8, 4) is 0 Å². The van der Waals surface area contributed by atoms with Crippen molar-refractivity contribution in [3.63, 3.8) is 0 Å². The van der Waals surface area contributed by atoms with Crippen LogP contribution >= 0.6 is 15.9 Å². The molecule has 0 bridgehead atoms. The number of aliphatic hydroxyl groups is 1. The van der Waals surface area contributed by atoms with Crippen molar-refractivity contribution in [2.24, 2.45) is 0 Å². The maximum absolute atomic E-state index is 13.8. The van der Waals surface area contributed by atoms with E-state index in [1.54, 1.807) is 16.8 Å². The van der Waals surface area contributed by atoms with E-state index < -0.39 is 23.1 Å². The summed E-state index contributed by atoms with van der Waals surface area (Å²) in [6.07, 6.45) is 1.79. The Balaban J connectivity index is 2.16. The molecule has 1 atom stereocenters. The van der Waals surface area contributed by atoms with Gasteiger partial charge in [-0.25, -0.2) is 8.78 Å². The lowest BCUT2D eigenvalue weighted by molar-refractivity contribution is 0.0492. The van der Waals surface area contributed by atoms with E-state index in [0.717, 1.165) is 10.5 Å². The SMILES string of the molecule is CC(C)n1cc(Br)cc1C(=O)NCC(C)(O)c1ccc(F)cc1F. The fourth-order valence-corrected chi connectivity index (χ4v) is 2.86. The lowest BCUT2D eigenvalue weighted by atomic mass is 9.95. The predicted molar refractivity (Wildman–Crippen MR) is 90.8 cm³/mol. The molecule has 7 heteroatoms. The van der Waals surface area contributed by atoms with Crippen LogP contribution in [0.2, 0.25) is 0 Å². The number of rotatable bonds is 5. The van der Waals surface area contributed by atoms with Gasteiger partial charge in [-0.2, -0.15) is 0 Å². The summed E-state index contributed by atoms with van der Waals surface area (Å²) in [6, 6.07) is 4.68. The second kappa shape index (κ2) is 7.03. The average molecular weight is 401 g/mol. The summed E-state index contributed by atoms with van der Waals surface area (Å²) in [4.78, 5) is 12.4. The molecule has 0 spiro atoms. The van der Waals surface area contributed by atoms with Gasteiger partial charge in [-0.05, 0) is 48.8 Å². The lowest BCUT2D eigenvalue weighted by Gasteiger charge is -2.25. The molecule has 0 saturated heterocycles. The number of amides is 1. The van der Waals surface area contributed by atoms with E-state index in [-0.39, 0.29) is 18.2 Å². The maximum atomic E-state index is 13.8. The van der Waals surface area contributed by atoms with Crippen molar-refractivity contribution in [1.82, 2.24) is 9.88 Å². The van der Waals surface area contributed by atoms with Gasteiger partial charge in [0.15, 0.2) is 0 Å². The number of carbonyl (C=O) groups is 1. The topological polar surface area (TPSA) is 54.3 Å². The fourth-order valence-electron chi connectivity index (χ4n) is 2.42. The number of nitrogens with one attached hydrogen (secondary N) is 1. The minimum Gasteiger partial charge on any atom is -0.383 e.